The number of hydrogen-bond donors (Lipinski definition) is 0. The Bertz CT molecular complexity index is 520. The van der Waals surface area contributed by atoms with Crippen molar-refractivity contribution in [2.75, 3.05) is 0 Å². The molecule has 1 unspecified atom stereocenters. The molecule has 0 aromatic heterocycles. The number of esters is 1. The molecule has 0 spiro atoms. The summed E-state index contributed by atoms with van der Waals surface area (Å²) >= 11 is 0. The number of hydrogen-bond acceptors (Lipinski definition) is 2. The van der Waals surface area contributed by atoms with E-state index >= 15 is 0 Å². The lowest BCUT2D eigenvalue weighted by molar-refractivity contribution is -0.136. The maximum atomic E-state index is 12.4. The molecule has 0 aliphatic heterocycles. The molecule has 0 fully saturated rings. The van der Waals surface area contributed by atoms with Gasteiger partial charge in [0.1, 0.15) is 5.75 Å². The van der Waals surface area contributed by atoms with Gasteiger partial charge >= 0.3 is 5.97 Å². The van der Waals surface area contributed by atoms with Crippen molar-refractivity contribution in [3.63, 3.8) is 0 Å². The van der Waals surface area contributed by atoms with Gasteiger partial charge in [0.05, 0.1) is 5.92 Å². The molecule has 0 saturated heterocycles. The molecule has 104 valence electrons. The lowest BCUT2D eigenvalue weighted by Gasteiger charge is -2.16. The van der Waals surface area contributed by atoms with E-state index in [0.717, 1.165) is 24.8 Å². The van der Waals surface area contributed by atoms with Crippen LogP contribution in [0.3, 0.4) is 0 Å². The van der Waals surface area contributed by atoms with E-state index in [9.17, 15) is 4.79 Å². The third-order valence-electron chi connectivity index (χ3n) is 3.29. The minimum atomic E-state index is -0.184. The minimum absolute atomic E-state index is 0.171. The van der Waals surface area contributed by atoms with Crippen LogP contribution in [0.15, 0.2) is 60.7 Å². The van der Waals surface area contributed by atoms with Gasteiger partial charge in [-0.05, 0) is 24.1 Å². The van der Waals surface area contributed by atoms with Crippen molar-refractivity contribution in [3.05, 3.63) is 66.2 Å². The summed E-state index contributed by atoms with van der Waals surface area (Å²) < 4.78 is 5.49. The Morgan fingerprint density at radius 3 is 2.20 bits per heavy atom. The van der Waals surface area contributed by atoms with Crippen molar-refractivity contribution in [1.29, 1.82) is 0 Å². The Hall–Kier alpha value is -2.09. The number of carbonyl (C=O) groups is 1. The summed E-state index contributed by atoms with van der Waals surface area (Å²) in [4.78, 5) is 12.4. The molecule has 2 aromatic rings. The molecule has 0 aliphatic carbocycles. The number of ether oxygens (including phenoxy) is 1. The lowest BCUT2D eigenvalue weighted by Crippen LogP contribution is -2.19. The molecule has 0 radical (unpaired) electrons. The highest BCUT2D eigenvalue weighted by Gasteiger charge is 2.21. The summed E-state index contributed by atoms with van der Waals surface area (Å²) in [5.74, 6) is 0.252. The third-order valence-corrected chi connectivity index (χ3v) is 3.29. The monoisotopic (exact) mass is 268 g/mol. The first-order chi connectivity index (χ1) is 9.81. The molecular formula is C18H20O2. The molecule has 0 heterocycles. The zero-order valence-corrected chi connectivity index (χ0v) is 11.8. The Kier molecular flexibility index (Phi) is 5.36. The molecule has 0 N–H and O–H groups in total. The normalized spacial score (nSPS) is 11.8. The fourth-order valence-electron chi connectivity index (χ4n) is 2.19. The summed E-state index contributed by atoms with van der Waals surface area (Å²) in [6.45, 7) is 2.13. The Balaban J connectivity index is 2.12. The number of carbonyl (C=O) groups excluding carboxylic acids is 1. The molecule has 2 aromatic carbocycles. The number of rotatable bonds is 6. The van der Waals surface area contributed by atoms with E-state index in [1.807, 2.05) is 48.5 Å². The maximum absolute atomic E-state index is 12.4. The van der Waals surface area contributed by atoms with Crippen molar-refractivity contribution in [2.45, 2.75) is 32.1 Å². The second-order valence-corrected chi connectivity index (χ2v) is 4.84. The van der Waals surface area contributed by atoms with Gasteiger partial charge in [-0.2, -0.15) is 0 Å². The molecule has 0 aliphatic rings. The van der Waals surface area contributed by atoms with Crippen LogP contribution in [0.4, 0.5) is 0 Å². The highest BCUT2D eigenvalue weighted by molar-refractivity contribution is 5.80. The molecular weight excluding hydrogens is 248 g/mol. The Morgan fingerprint density at radius 2 is 1.60 bits per heavy atom. The van der Waals surface area contributed by atoms with E-state index in [2.05, 4.69) is 6.92 Å². The van der Waals surface area contributed by atoms with Gasteiger partial charge in [0.25, 0.3) is 0 Å². The molecule has 1 atom stereocenters. The van der Waals surface area contributed by atoms with Crippen LogP contribution < -0.4 is 4.74 Å². The van der Waals surface area contributed by atoms with E-state index in [4.69, 9.17) is 4.74 Å². The Labute approximate surface area is 120 Å². The van der Waals surface area contributed by atoms with Gasteiger partial charge in [-0.15, -0.1) is 0 Å². The molecule has 0 saturated carbocycles. The van der Waals surface area contributed by atoms with E-state index in [1.54, 1.807) is 12.1 Å². The lowest BCUT2D eigenvalue weighted by atomic mass is 9.94. The molecule has 2 rings (SSSR count). The van der Waals surface area contributed by atoms with Crippen LogP contribution in [-0.4, -0.2) is 5.97 Å². The summed E-state index contributed by atoms with van der Waals surface area (Å²) in [7, 11) is 0. The van der Waals surface area contributed by atoms with Crippen LogP contribution in [0.2, 0.25) is 0 Å². The summed E-state index contributed by atoms with van der Waals surface area (Å²) in [5.41, 5.74) is 1.03. The zero-order chi connectivity index (χ0) is 14.2. The molecule has 2 heteroatoms. The second kappa shape index (κ2) is 7.49. The van der Waals surface area contributed by atoms with Crippen LogP contribution >= 0.6 is 0 Å². The first-order valence-corrected chi connectivity index (χ1v) is 7.13. The predicted molar refractivity (Wildman–Crippen MR) is 80.8 cm³/mol. The smallest absolute Gasteiger partial charge is 0.318 e. The second-order valence-electron chi connectivity index (χ2n) is 4.84. The van der Waals surface area contributed by atoms with Gasteiger partial charge in [0.15, 0.2) is 0 Å². The average Bonchev–Trinajstić information content (AvgIpc) is 2.50. The van der Waals surface area contributed by atoms with Crippen molar-refractivity contribution in [2.24, 2.45) is 0 Å². The SMILES string of the molecule is CCCCC(C(=O)Oc1ccccc1)c1ccccc1. The molecule has 2 nitrogen and oxygen atoms in total. The summed E-state index contributed by atoms with van der Waals surface area (Å²) in [6, 6.07) is 19.1. The summed E-state index contributed by atoms with van der Waals surface area (Å²) in [5, 5.41) is 0. The Morgan fingerprint density at radius 1 is 1.00 bits per heavy atom. The maximum Gasteiger partial charge on any atom is 0.318 e. The van der Waals surface area contributed by atoms with Crippen molar-refractivity contribution in [1.82, 2.24) is 0 Å². The largest absolute Gasteiger partial charge is 0.426 e. The standard InChI is InChI=1S/C18H20O2/c1-2-3-14-17(15-10-6-4-7-11-15)18(19)20-16-12-8-5-9-13-16/h4-13,17H,2-3,14H2,1H3. The van der Waals surface area contributed by atoms with Crippen LogP contribution in [0.25, 0.3) is 0 Å². The van der Waals surface area contributed by atoms with Gasteiger partial charge in [-0.1, -0.05) is 68.3 Å². The molecule has 20 heavy (non-hydrogen) atoms. The highest BCUT2D eigenvalue weighted by atomic mass is 16.5. The molecule has 0 bridgehead atoms. The fraction of sp³-hybridized carbons (Fsp3) is 0.278. The minimum Gasteiger partial charge on any atom is -0.426 e. The van der Waals surface area contributed by atoms with Gasteiger partial charge in [-0.25, -0.2) is 0 Å². The average molecular weight is 268 g/mol. The van der Waals surface area contributed by atoms with Crippen molar-refractivity contribution < 1.29 is 9.53 Å². The predicted octanol–water partition coefficient (Wildman–Crippen LogP) is 4.57. The summed E-state index contributed by atoms with van der Waals surface area (Å²) in [6.07, 6.45) is 2.91. The first kappa shape index (κ1) is 14.3. The fourth-order valence-corrected chi connectivity index (χ4v) is 2.19. The van der Waals surface area contributed by atoms with Crippen molar-refractivity contribution in [3.8, 4) is 5.75 Å². The van der Waals surface area contributed by atoms with Crippen LogP contribution in [0, 0.1) is 0 Å². The van der Waals surface area contributed by atoms with E-state index in [-0.39, 0.29) is 11.9 Å². The topological polar surface area (TPSA) is 26.3 Å². The van der Waals surface area contributed by atoms with Crippen LogP contribution in [-0.2, 0) is 4.79 Å². The number of unbranched alkanes of at least 4 members (excludes halogenated alkanes) is 1. The van der Waals surface area contributed by atoms with E-state index in [1.165, 1.54) is 0 Å². The van der Waals surface area contributed by atoms with Crippen molar-refractivity contribution >= 4 is 5.97 Å². The van der Waals surface area contributed by atoms with E-state index in [0.29, 0.717) is 5.75 Å². The van der Waals surface area contributed by atoms with Gasteiger partial charge in [0.2, 0.25) is 0 Å². The zero-order valence-electron chi connectivity index (χ0n) is 11.8. The first-order valence-electron chi connectivity index (χ1n) is 7.13. The quantitative estimate of drug-likeness (QED) is 0.567. The van der Waals surface area contributed by atoms with Gasteiger partial charge < -0.3 is 4.74 Å². The molecule has 0 amide bonds. The van der Waals surface area contributed by atoms with Gasteiger partial charge in [-0.3, -0.25) is 4.79 Å². The van der Waals surface area contributed by atoms with Gasteiger partial charge in [0, 0.05) is 0 Å². The van der Waals surface area contributed by atoms with Crippen LogP contribution in [0.5, 0.6) is 5.75 Å². The number of benzene rings is 2. The van der Waals surface area contributed by atoms with Crippen LogP contribution in [0.1, 0.15) is 37.7 Å². The highest BCUT2D eigenvalue weighted by Crippen LogP contribution is 2.24. The third kappa shape index (κ3) is 3.95. The van der Waals surface area contributed by atoms with E-state index < -0.39 is 0 Å². The number of para-hydroxylation sites is 1.